The van der Waals surface area contributed by atoms with Gasteiger partial charge in [-0.05, 0) is 25.5 Å². The molecular weight excluding hydrogens is 313 g/mol. The van der Waals surface area contributed by atoms with Crippen molar-refractivity contribution in [1.82, 2.24) is 15.1 Å². The summed E-state index contributed by atoms with van der Waals surface area (Å²) in [4.78, 5) is 39.6. The molecule has 1 N–H and O–H groups in total. The maximum absolute atomic E-state index is 13.9. The van der Waals surface area contributed by atoms with Crippen LogP contribution in [0.3, 0.4) is 0 Å². The van der Waals surface area contributed by atoms with Gasteiger partial charge in [0.1, 0.15) is 11.9 Å². The number of carbonyl (C=O) groups excluding carboxylic acids is 3. The summed E-state index contributed by atoms with van der Waals surface area (Å²) in [6, 6.07) is 4.88. The van der Waals surface area contributed by atoms with Gasteiger partial charge in [0.15, 0.2) is 0 Å². The highest BCUT2D eigenvalue weighted by Crippen LogP contribution is 2.27. The lowest BCUT2D eigenvalue weighted by molar-refractivity contribution is -0.141. The largest absolute Gasteiger partial charge is 0.352 e. The molecule has 0 radical (unpaired) electrons. The molecule has 3 amide bonds. The molecule has 0 aromatic heterocycles. The molecule has 1 aromatic carbocycles. The van der Waals surface area contributed by atoms with Crippen molar-refractivity contribution in [3.63, 3.8) is 0 Å². The summed E-state index contributed by atoms with van der Waals surface area (Å²) in [5, 5.41) is 2.82. The van der Waals surface area contributed by atoms with E-state index in [-0.39, 0.29) is 29.5 Å². The van der Waals surface area contributed by atoms with E-state index >= 15 is 0 Å². The molecule has 2 heterocycles. The fraction of sp³-hybridized carbons (Fsp3) is 0.471. The van der Waals surface area contributed by atoms with E-state index in [0.717, 1.165) is 0 Å². The van der Waals surface area contributed by atoms with Gasteiger partial charge in [0.2, 0.25) is 11.8 Å². The van der Waals surface area contributed by atoms with Crippen molar-refractivity contribution in [1.29, 1.82) is 0 Å². The Labute approximate surface area is 139 Å². The number of carbonyl (C=O) groups is 3. The maximum Gasteiger partial charge on any atom is 0.257 e. The van der Waals surface area contributed by atoms with E-state index in [9.17, 15) is 18.8 Å². The van der Waals surface area contributed by atoms with Crippen LogP contribution in [0.4, 0.5) is 4.39 Å². The molecule has 3 atom stereocenters. The smallest absolute Gasteiger partial charge is 0.257 e. The van der Waals surface area contributed by atoms with E-state index < -0.39 is 17.8 Å². The Morgan fingerprint density at radius 3 is 2.62 bits per heavy atom. The zero-order valence-corrected chi connectivity index (χ0v) is 13.7. The Morgan fingerprint density at radius 1 is 1.25 bits per heavy atom. The predicted molar refractivity (Wildman–Crippen MR) is 84.6 cm³/mol. The van der Waals surface area contributed by atoms with Gasteiger partial charge in [0, 0.05) is 26.1 Å². The van der Waals surface area contributed by atoms with Crippen LogP contribution in [0, 0.1) is 5.82 Å². The zero-order valence-electron chi connectivity index (χ0n) is 13.7. The van der Waals surface area contributed by atoms with Crippen LogP contribution < -0.4 is 5.32 Å². The highest BCUT2D eigenvalue weighted by atomic mass is 19.1. The second kappa shape index (κ2) is 6.22. The highest BCUT2D eigenvalue weighted by molar-refractivity contribution is 5.98. The van der Waals surface area contributed by atoms with Gasteiger partial charge >= 0.3 is 0 Å². The number of rotatable bonds is 2. The number of hydrogen-bond donors (Lipinski definition) is 1. The topological polar surface area (TPSA) is 69.7 Å². The first-order valence-corrected chi connectivity index (χ1v) is 8.01. The van der Waals surface area contributed by atoms with E-state index in [2.05, 4.69) is 5.32 Å². The Morgan fingerprint density at radius 2 is 1.96 bits per heavy atom. The highest BCUT2D eigenvalue weighted by Gasteiger charge is 2.45. The third-order valence-corrected chi connectivity index (χ3v) is 4.70. The van der Waals surface area contributed by atoms with Crippen molar-refractivity contribution in [3.05, 3.63) is 35.6 Å². The Kier molecular flexibility index (Phi) is 4.26. The van der Waals surface area contributed by atoms with Crippen LogP contribution in [-0.2, 0) is 9.59 Å². The van der Waals surface area contributed by atoms with E-state index in [1.807, 2.05) is 0 Å². The number of nitrogens with one attached hydrogen (secondary N) is 1. The Bertz CT molecular complexity index is 693. The van der Waals surface area contributed by atoms with E-state index in [1.165, 1.54) is 30.0 Å². The van der Waals surface area contributed by atoms with Gasteiger partial charge in [-0.25, -0.2) is 4.39 Å². The van der Waals surface area contributed by atoms with Crippen LogP contribution in [-0.4, -0.2) is 58.7 Å². The minimum atomic E-state index is -0.649. The van der Waals surface area contributed by atoms with Crippen molar-refractivity contribution in [2.24, 2.45) is 0 Å². The van der Waals surface area contributed by atoms with Crippen LogP contribution in [0.5, 0.6) is 0 Å². The number of halogens is 1. The van der Waals surface area contributed by atoms with E-state index in [1.54, 1.807) is 17.9 Å². The molecular formula is C17H20FN3O3. The SMILES string of the molecule is CC(=O)N[C@H]1C[C@H]2CN(C(=O)c3ccccc3F)[C@@H](C)C(=O)N2C1. The van der Waals surface area contributed by atoms with Crippen molar-refractivity contribution >= 4 is 17.7 Å². The lowest BCUT2D eigenvalue weighted by Gasteiger charge is -2.41. The van der Waals surface area contributed by atoms with Crippen molar-refractivity contribution in [2.75, 3.05) is 13.1 Å². The van der Waals surface area contributed by atoms with Gasteiger partial charge in [-0.1, -0.05) is 12.1 Å². The molecule has 128 valence electrons. The van der Waals surface area contributed by atoms with Crippen molar-refractivity contribution < 1.29 is 18.8 Å². The van der Waals surface area contributed by atoms with Gasteiger partial charge in [-0.15, -0.1) is 0 Å². The van der Waals surface area contributed by atoms with E-state index in [0.29, 0.717) is 19.5 Å². The lowest BCUT2D eigenvalue weighted by atomic mass is 10.0. The van der Waals surface area contributed by atoms with Crippen LogP contribution in [0.15, 0.2) is 24.3 Å². The monoisotopic (exact) mass is 333 g/mol. The number of benzene rings is 1. The Balaban J connectivity index is 1.80. The second-order valence-electron chi connectivity index (χ2n) is 6.39. The van der Waals surface area contributed by atoms with Gasteiger partial charge in [-0.2, -0.15) is 0 Å². The van der Waals surface area contributed by atoms with Crippen LogP contribution in [0.1, 0.15) is 30.6 Å². The third-order valence-electron chi connectivity index (χ3n) is 4.70. The summed E-state index contributed by atoms with van der Waals surface area (Å²) in [5.41, 5.74) is -0.0259. The minimum Gasteiger partial charge on any atom is -0.352 e. The summed E-state index contributed by atoms with van der Waals surface area (Å²) in [6.45, 7) is 3.89. The van der Waals surface area contributed by atoms with Crippen molar-refractivity contribution in [3.8, 4) is 0 Å². The molecule has 2 aliphatic heterocycles. The lowest BCUT2D eigenvalue weighted by Crippen LogP contribution is -2.60. The number of nitrogens with zero attached hydrogens (tertiary/aromatic N) is 2. The first kappa shape index (κ1) is 16.4. The quantitative estimate of drug-likeness (QED) is 0.869. The summed E-state index contributed by atoms with van der Waals surface area (Å²) in [5.74, 6) is -1.37. The third kappa shape index (κ3) is 2.86. The number of amides is 3. The summed E-state index contributed by atoms with van der Waals surface area (Å²) in [7, 11) is 0. The second-order valence-corrected chi connectivity index (χ2v) is 6.39. The molecule has 2 fully saturated rings. The number of piperazine rings is 1. The van der Waals surface area contributed by atoms with Crippen molar-refractivity contribution in [2.45, 2.75) is 38.4 Å². The first-order valence-electron chi connectivity index (χ1n) is 8.01. The molecule has 6 nitrogen and oxygen atoms in total. The molecule has 0 saturated carbocycles. The molecule has 0 bridgehead atoms. The number of hydrogen-bond acceptors (Lipinski definition) is 3. The van der Waals surface area contributed by atoms with Gasteiger partial charge in [0.05, 0.1) is 11.6 Å². The average molecular weight is 333 g/mol. The van der Waals surface area contributed by atoms with E-state index in [4.69, 9.17) is 0 Å². The zero-order chi connectivity index (χ0) is 17.4. The summed E-state index contributed by atoms with van der Waals surface area (Å²) in [6.07, 6.45) is 0.596. The molecule has 24 heavy (non-hydrogen) atoms. The molecule has 3 rings (SSSR count). The molecule has 2 aliphatic rings. The average Bonchev–Trinajstić information content (AvgIpc) is 2.92. The Hall–Kier alpha value is -2.44. The summed E-state index contributed by atoms with van der Waals surface area (Å²) >= 11 is 0. The maximum atomic E-state index is 13.9. The van der Waals surface area contributed by atoms with Crippen LogP contribution in [0.25, 0.3) is 0 Å². The minimum absolute atomic E-state index is 0.0259. The van der Waals surface area contributed by atoms with Gasteiger partial charge < -0.3 is 15.1 Å². The molecule has 0 spiro atoms. The summed E-state index contributed by atoms with van der Waals surface area (Å²) < 4.78 is 13.9. The van der Waals surface area contributed by atoms with Crippen LogP contribution in [0.2, 0.25) is 0 Å². The fourth-order valence-electron chi connectivity index (χ4n) is 3.56. The van der Waals surface area contributed by atoms with Gasteiger partial charge in [-0.3, -0.25) is 14.4 Å². The normalized spacial score (nSPS) is 26.3. The molecule has 0 aliphatic carbocycles. The standard InChI is InChI=1S/C17H20FN3O3/c1-10-16(23)21-8-12(19-11(2)22)7-13(21)9-20(10)17(24)14-5-3-4-6-15(14)18/h3-6,10,12-13H,7-9H2,1-2H3,(H,19,22)/t10-,12-,13-/m0/s1. The first-order chi connectivity index (χ1) is 11.4. The molecule has 1 aromatic rings. The van der Waals surface area contributed by atoms with Crippen LogP contribution >= 0.6 is 0 Å². The molecule has 2 saturated heterocycles. The molecule has 7 heteroatoms. The number of fused-ring (bicyclic) bond motifs is 1. The predicted octanol–water partition coefficient (Wildman–Crippen LogP) is 0.776. The van der Waals surface area contributed by atoms with Gasteiger partial charge in [0.25, 0.3) is 5.91 Å². The molecule has 0 unspecified atom stereocenters. The fourth-order valence-corrected chi connectivity index (χ4v) is 3.56.